The topological polar surface area (TPSA) is 72.2 Å². The molecule has 3 atom stereocenters. The lowest BCUT2D eigenvalue weighted by molar-refractivity contribution is -0.128. The molecule has 0 saturated carbocycles. The van der Waals surface area contributed by atoms with Crippen molar-refractivity contribution in [2.24, 2.45) is 11.7 Å². The molecule has 1 amide bonds. The minimum absolute atomic E-state index is 0.0553. The van der Waals surface area contributed by atoms with Crippen molar-refractivity contribution in [3.63, 3.8) is 0 Å². The van der Waals surface area contributed by atoms with E-state index in [4.69, 9.17) is 5.73 Å². The van der Waals surface area contributed by atoms with Gasteiger partial charge in [-0.1, -0.05) is 50.1 Å². The predicted octanol–water partition coefficient (Wildman–Crippen LogP) is 1.98. The Morgan fingerprint density at radius 1 is 1.24 bits per heavy atom. The smallest absolute Gasteiger partial charge is 0.237 e. The fraction of sp³-hybridized carbons (Fsp3) is 0.529. The summed E-state index contributed by atoms with van der Waals surface area (Å²) in [7, 11) is 0. The Kier molecular flexibility index (Phi) is 6.56. The molecular formula is C17H26N2O2. The van der Waals surface area contributed by atoms with E-state index in [1.807, 2.05) is 45.0 Å². The van der Waals surface area contributed by atoms with Crippen LogP contribution in [0.5, 0.6) is 0 Å². The number of aryl methyl sites for hydroxylation is 1. The number of hydrogen-bond donors (Lipinski definition) is 2. The summed E-state index contributed by atoms with van der Waals surface area (Å²) in [5, 5.41) is 2.78. The number of amides is 1. The number of nitrogens with two attached hydrogens (primary N) is 1. The summed E-state index contributed by atoms with van der Waals surface area (Å²) >= 11 is 0. The zero-order valence-corrected chi connectivity index (χ0v) is 13.3. The number of hydrogen-bond acceptors (Lipinski definition) is 3. The van der Waals surface area contributed by atoms with Crippen molar-refractivity contribution < 1.29 is 9.59 Å². The number of carbonyl (C=O) groups excluding carboxylic acids is 2. The first-order valence-corrected chi connectivity index (χ1v) is 7.47. The van der Waals surface area contributed by atoms with Gasteiger partial charge in [0.15, 0.2) is 5.78 Å². The van der Waals surface area contributed by atoms with Crippen LogP contribution in [0, 0.1) is 12.8 Å². The lowest BCUT2D eigenvalue weighted by Crippen LogP contribution is -2.50. The molecule has 0 spiro atoms. The van der Waals surface area contributed by atoms with Crippen LogP contribution in [0.25, 0.3) is 0 Å². The second-order valence-electron chi connectivity index (χ2n) is 5.77. The van der Waals surface area contributed by atoms with Gasteiger partial charge in [-0.3, -0.25) is 9.59 Å². The Labute approximate surface area is 127 Å². The normalized spacial score (nSPS) is 15.1. The van der Waals surface area contributed by atoms with Gasteiger partial charge in [-0.25, -0.2) is 0 Å². The zero-order valence-electron chi connectivity index (χ0n) is 13.3. The van der Waals surface area contributed by atoms with Crippen LogP contribution in [0.1, 0.15) is 38.3 Å². The average molecular weight is 290 g/mol. The van der Waals surface area contributed by atoms with Crippen molar-refractivity contribution in [2.45, 2.75) is 52.6 Å². The molecule has 1 aromatic rings. The summed E-state index contributed by atoms with van der Waals surface area (Å²) in [5.41, 5.74) is 8.10. The van der Waals surface area contributed by atoms with E-state index < -0.39 is 12.1 Å². The van der Waals surface area contributed by atoms with Crippen LogP contribution in [0.2, 0.25) is 0 Å². The lowest BCUT2D eigenvalue weighted by atomic mass is 9.97. The SMILES string of the molecule is CC[C@@H](C)[C@H](N)C(=O)NC(Cc1ccc(C)cc1)C(C)=O. The van der Waals surface area contributed by atoms with Gasteiger partial charge < -0.3 is 11.1 Å². The van der Waals surface area contributed by atoms with E-state index >= 15 is 0 Å². The maximum atomic E-state index is 12.1. The maximum absolute atomic E-state index is 12.1. The Morgan fingerprint density at radius 2 is 1.81 bits per heavy atom. The molecule has 0 heterocycles. The molecule has 4 nitrogen and oxygen atoms in total. The zero-order chi connectivity index (χ0) is 16.0. The maximum Gasteiger partial charge on any atom is 0.237 e. The molecule has 1 aromatic carbocycles. The van der Waals surface area contributed by atoms with Crippen molar-refractivity contribution in [1.29, 1.82) is 0 Å². The van der Waals surface area contributed by atoms with Crippen LogP contribution in [0.15, 0.2) is 24.3 Å². The van der Waals surface area contributed by atoms with Crippen molar-refractivity contribution in [3.8, 4) is 0 Å². The summed E-state index contributed by atoms with van der Waals surface area (Å²) in [6.07, 6.45) is 1.33. The minimum atomic E-state index is -0.574. The van der Waals surface area contributed by atoms with Crippen LogP contribution >= 0.6 is 0 Å². The molecule has 0 saturated heterocycles. The van der Waals surface area contributed by atoms with E-state index in [1.165, 1.54) is 12.5 Å². The fourth-order valence-corrected chi connectivity index (χ4v) is 2.04. The van der Waals surface area contributed by atoms with Gasteiger partial charge in [-0.05, 0) is 31.7 Å². The molecular weight excluding hydrogens is 264 g/mol. The molecule has 1 unspecified atom stereocenters. The Balaban J connectivity index is 2.72. The first-order chi connectivity index (χ1) is 9.85. The Bertz CT molecular complexity index is 482. The van der Waals surface area contributed by atoms with Gasteiger partial charge in [0.1, 0.15) is 0 Å². The second kappa shape index (κ2) is 7.93. The molecule has 3 N–H and O–H groups in total. The fourth-order valence-electron chi connectivity index (χ4n) is 2.04. The molecule has 0 aromatic heterocycles. The number of rotatable bonds is 7. The lowest BCUT2D eigenvalue weighted by Gasteiger charge is -2.22. The van der Waals surface area contributed by atoms with E-state index in [0.29, 0.717) is 6.42 Å². The average Bonchev–Trinajstić information content (AvgIpc) is 2.46. The van der Waals surface area contributed by atoms with Crippen molar-refractivity contribution in [3.05, 3.63) is 35.4 Å². The van der Waals surface area contributed by atoms with Crippen LogP contribution < -0.4 is 11.1 Å². The second-order valence-corrected chi connectivity index (χ2v) is 5.77. The highest BCUT2D eigenvalue weighted by Gasteiger charge is 2.24. The molecule has 0 aliphatic heterocycles. The first-order valence-electron chi connectivity index (χ1n) is 7.47. The molecule has 0 radical (unpaired) electrons. The van der Waals surface area contributed by atoms with Gasteiger partial charge in [0.05, 0.1) is 12.1 Å². The largest absolute Gasteiger partial charge is 0.345 e. The van der Waals surface area contributed by atoms with Gasteiger partial charge in [-0.2, -0.15) is 0 Å². The Morgan fingerprint density at radius 3 is 2.29 bits per heavy atom. The number of benzene rings is 1. The summed E-state index contributed by atoms with van der Waals surface area (Å²) in [4.78, 5) is 23.9. The van der Waals surface area contributed by atoms with Crippen molar-refractivity contribution >= 4 is 11.7 Å². The summed E-state index contributed by atoms with van der Waals surface area (Å²) in [5.74, 6) is -0.214. The van der Waals surface area contributed by atoms with Gasteiger partial charge in [0.25, 0.3) is 0 Å². The quantitative estimate of drug-likeness (QED) is 0.806. The molecule has 0 aliphatic rings. The standard InChI is InChI=1S/C17H26N2O2/c1-5-12(3)16(18)17(21)19-15(13(4)20)10-14-8-6-11(2)7-9-14/h6-9,12,15-16H,5,10,18H2,1-4H3,(H,19,21)/t12-,15?,16+/m1/s1. The monoisotopic (exact) mass is 290 g/mol. The highest BCUT2D eigenvalue weighted by molar-refractivity contribution is 5.89. The van der Waals surface area contributed by atoms with E-state index in [-0.39, 0.29) is 17.6 Å². The van der Waals surface area contributed by atoms with Gasteiger partial charge in [0.2, 0.25) is 5.91 Å². The number of Topliss-reactive ketones (excluding diaryl/α,β-unsaturated/α-hetero) is 1. The molecule has 21 heavy (non-hydrogen) atoms. The van der Waals surface area contributed by atoms with Crippen molar-refractivity contribution in [1.82, 2.24) is 5.32 Å². The third-order valence-corrected chi connectivity index (χ3v) is 3.93. The van der Waals surface area contributed by atoms with E-state index in [9.17, 15) is 9.59 Å². The van der Waals surface area contributed by atoms with E-state index in [0.717, 1.165) is 12.0 Å². The third kappa shape index (κ3) is 5.31. The summed E-state index contributed by atoms with van der Waals surface area (Å²) in [6.45, 7) is 7.44. The summed E-state index contributed by atoms with van der Waals surface area (Å²) < 4.78 is 0. The number of ketones is 1. The van der Waals surface area contributed by atoms with Crippen LogP contribution in [0.4, 0.5) is 0 Å². The number of nitrogens with one attached hydrogen (secondary N) is 1. The number of carbonyl (C=O) groups is 2. The molecule has 4 heteroatoms. The van der Waals surface area contributed by atoms with Crippen LogP contribution in [0.3, 0.4) is 0 Å². The van der Waals surface area contributed by atoms with Gasteiger partial charge in [-0.15, -0.1) is 0 Å². The van der Waals surface area contributed by atoms with Crippen LogP contribution in [-0.4, -0.2) is 23.8 Å². The molecule has 0 aliphatic carbocycles. The highest BCUT2D eigenvalue weighted by Crippen LogP contribution is 2.09. The van der Waals surface area contributed by atoms with E-state index in [2.05, 4.69) is 5.32 Å². The molecule has 0 bridgehead atoms. The first kappa shape index (κ1) is 17.4. The van der Waals surface area contributed by atoms with Crippen LogP contribution in [-0.2, 0) is 16.0 Å². The predicted molar refractivity (Wildman–Crippen MR) is 84.9 cm³/mol. The van der Waals surface area contributed by atoms with Gasteiger partial charge in [0, 0.05) is 0 Å². The third-order valence-electron chi connectivity index (χ3n) is 3.93. The van der Waals surface area contributed by atoms with Crippen molar-refractivity contribution in [2.75, 3.05) is 0 Å². The minimum Gasteiger partial charge on any atom is -0.345 e. The highest BCUT2D eigenvalue weighted by atomic mass is 16.2. The Hall–Kier alpha value is -1.68. The molecule has 116 valence electrons. The summed E-state index contributed by atoms with van der Waals surface area (Å²) in [6, 6.07) is 6.86. The van der Waals surface area contributed by atoms with E-state index in [1.54, 1.807) is 0 Å². The van der Waals surface area contributed by atoms with Gasteiger partial charge >= 0.3 is 0 Å². The molecule has 1 rings (SSSR count). The molecule has 0 fully saturated rings.